The molecule has 0 aromatic rings. The number of nitrogens with two attached hydrogens (primary N) is 1. The first kappa shape index (κ1) is 8.52. The van der Waals surface area contributed by atoms with Crippen molar-refractivity contribution in [1.82, 2.24) is 4.90 Å². The van der Waals surface area contributed by atoms with E-state index in [2.05, 4.69) is 11.8 Å². The van der Waals surface area contributed by atoms with E-state index in [4.69, 9.17) is 5.73 Å². The summed E-state index contributed by atoms with van der Waals surface area (Å²) in [5.74, 6) is 1.90. The molecule has 2 N–H and O–H groups in total. The minimum absolute atomic E-state index is 0.503. The van der Waals surface area contributed by atoms with E-state index in [-0.39, 0.29) is 0 Å². The highest BCUT2D eigenvalue weighted by Gasteiger charge is 2.35. The molecule has 3 atom stereocenters. The Balaban J connectivity index is 1.93. The van der Waals surface area contributed by atoms with Gasteiger partial charge in [-0.05, 0) is 37.6 Å². The molecule has 2 aliphatic rings. The number of hydrogen-bond acceptors (Lipinski definition) is 2. The van der Waals surface area contributed by atoms with Crippen molar-refractivity contribution in [2.24, 2.45) is 17.6 Å². The van der Waals surface area contributed by atoms with Crippen molar-refractivity contribution in [2.75, 3.05) is 19.6 Å². The number of nitrogens with zero attached hydrogens (tertiary/aromatic N) is 1. The first-order valence-corrected chi connectivity index (χ1v) is 5.27. The van der Waals surface area contributed by atoms with Gasteiger partial charge in [-0.2, -0.15) is 0 Å². The van der Waals surface area contributed by atoms with E-state index in [1.807, 2.05) is 0 Å². The standard InChI is InChI=1S/C10H20N2/c1-2-12-6-8-3-4-10(11)5-9(8)7-12/h8-10H,2-7,11H2,1H3/t8-,9+,10-/m1/s1. The zero-order chi connectivity index (χ0) is 8.55. The summed E-state index contributed by atoms with van der Waals surface area (Å²) >= 11 is 0. The Labute approximate surface area is 75.1 Å². The Kier molecular flexibility index (Phi) is 2.37. The number of rotatable bonds is 1. The molecule has 1 heterocycles. The van der Waals surface area contributed by atoms with Gasteiger partial charge in [0.2, 0.25) is 0 Å². The van der Waals surface area contributed by atoms with Crippen molar-refractivity contribution in [1.29, 1.82) is 0 Å². The minimum atomic E-state index is 0.503. The quantitative estimate of drug-likeness (QED) is 0.634. The maximum absolute atomic E-state index is 5.96. The lowest BCUT2D eigenvalue weighted by Crippen LogP contribution is -2.32. The maximum Gasteiger partial charge on any atom is 0.00421 e. The fourth-order valence-electron chi connectivity index (χ4n) is 2.82. The third-order valence-corrected chi connectivity index (χ3v) is 3.61. The van der Waals surface area contributed by atoms with Crippen LogP contribution >= 0.6 is 0 Å². The predicted octanol–water partition coefficient (Wildman–Crippen LogP) is 1.07. The Morgan fingerprint density at radius 2 is 2.00 bits per heavy atom. The molecule has 1 saturated carbocycles. The molecule has 1 aliphatic heterocycles. The van der Waals surface area contributed by atoms with Crippen molar-refractivity contribution >= 4 is 0 Å². The molecule has 0 bridgehead atoms. The minimum Gasteiger partial charge on any atom is -0.328 e. The normalized spacial score (nSPS) is 43.0. The van der Waals surface area contributed by atoms with E-state index in [9.17, 15) is 0 Å². The monoisotopic (exact) mass is 168 g/mol. The number of likely N-dealkylation sites (tertiary alicyclic amines) is 1. The van der Waals surface area contributed by atoms with E-state index < -0.39 is 0 Å². The molecule has 1 aliphatic carbocycles. The lowest BCUT2D eigenvalue weighted by Gasteiger charge is -2.28. The van der Waals surface area contributed by atoms with Crippen LogP contribution in [0.4, 0.5) is 0 Å². The topological polar surface area (TPSA) is 29.3 Å². The predicted molar refractivity (Wildman–Crippen MR) is 50.9 cm³/mol. The third-order valence-electron chi connectivity index (χ3n) is 3.61. The first-order chi connectivity index (χ1) is 5.79. The van der Waals surface area contributed by atoms with Crippen LogP contribution in [0.15, 0.2) is 0 Å². The molecule has 2 fully saturated rings. The molecule has 0 aromatic heterocycles. The van der Waals surface area contributed by atoms with E-state index >= 15 is 0 Å². The van der Waals surface area contributed by atoms with Crippen LogP contribution in [0.2, 0.25) is 0 Å². The summed E-state index contributed by atoms with van der Waals surface area (Å²) in [4.78, 5) is 2.58. The average molecular weight is 168 g/mol. The molecule has 0 aromatic carbocycles. The van der Waals surface area contributed by atoms with Gasteiger partial charge >= 0.3 is 0 Å². The highest BCUT2D eigenvalue weighted by molar-refractivity contribution is 4.90. The summed E-state index contributed by atoms with van der Waals surface area (Å²) in [6, 6.07) is 0.503. The van der Waals surface area contributed by atoms with Crippen molar-refractivity contribution < 1.29 is 0 Å². The van der Waals surface area contributed by atoms with Crippen LogP contribution in [0.25, 0.3) is 0 Å². The molecule has 12 heavy (non-hydrogen) atoms. The van der Waals surface area contributed by atoms with Crippen LogP contribution in [0, 0.1) is 11.8 Å². The molecule has 2 heteroatoms. The van der Waals surface area contributed by atoms with E-state index in [0.717, 1.165) is 11.8 Å². The van der Waals surface area contributed by atoms with Gasteiger partial charge in [0.25, 0.3) is 0 Å². The maximum atomic E-state index is 5.96. The summed E-state index contributed by atoms with van der Waals surface area (Å²) in [6.45, 7) is 6.14. The first-order valence-electron chi connectivity index (χ1n) is 5.27. The molecule has 0 unspecified atom stereocenters. The second-order valence-electron chi connectivity index (χ2n) is 4.45. The van der Waals surface area contributed by atoms with E-state index in [1.54, 1.807) is 0 Å². The lowest BCUT2D eigenvalue weighted by atomic mass is 9.79. The van der Waals surface area contributed by atoms with Crippen molar-refractivity contribution in [3.63, 3.8) is 0 Å². The van der Waals surface area contributed by atoms with Gasteiger partial charge in [0.15, 0.2) is 0 Å². The molecule has 0 radical (unpaired) electrons. The Morgan fingerprint density at radius 1 is 1.25 bits per heavy atom. The second-order valence-corrected chi connectivity index (χ2v) is 4.45. The van der Waals surface area contributed by atoms with Crippen LogP contribution in [0.1, 0.15) is 26.2 Å². The van der Waals surface area contributed by atoms with Crippen molar-refractivity contribution in [3.8, 4) is 0 Å². The van der Waals surface area contributed by atoms with Crippen LogP contribution in [0.3, 0.4) is 0 Å². The van der Waals surface area contributed by atoms with Crippen LogP contribution in [-0.2, 0) is 0 Å². The van der Waals surface area contributed by atoms with Gasteiger partial charge in [-0.1, -0.05) is 6.92 Å². The molecular weight excluding hydrogens is 148 g/mol. The van der Waals surface area contributed by atoms with Gasteiger partial charge < -0.3 is 10.6 Å². The molecule has 70 valence electrons. The Bertz CT molecular complexity index is 158. The summed E-state index contributed by atoms with van der Waals surface area (Å²) in [5, 5.41) is 0. The average Bonchev–Trinajstić information content (AvgIpc) is 2.46. The summed E-state index contributed by atoms with van der Waals surface area (Å²) in [6.07, 6.45) is 3.92. The molecule has 2 nitrogen and oxygen atoms in total. The Hall–Kier alpha value is -0.0800. The summed E-state index contributed by atoms with van der Waals surface area (Å²) in [7, 11) is 0. The van der Waals surface area contributed by atoms with Gasteiger partial charge in [0.1, 0.15) is 0 Å². The molecule has 1 saturated heterocycles. The van der Waals surface area contributed by atoms with Gasteiger partial charge in [0, 0.05) is 19.1 Å². The van der Waals surface area contributed by atoms with Crippen LogP contribution < -0.4 is 5.73 Å². The fourth-order valence-corrected chi connectivity index (χ4v) is 2.82. The van der Waals surface area contributed by atoms with Gasteiger partial charge in [-0.3, -0.25) is 0 Å². The second kappa shape index (κ2) is 3.35. The van der Waals surface area contributed by atoms with Crippen molar-refractivity contribution in [3.05, 3.63) is 0 Å². The molecule has 2 rings (SSSR count). The lowest BCUT2D eigenvalue weighted by molar-refractivity contribution is 0.271. The highest BCUT2D eigenvalue weighted by Crippen LogP contribution is 2.35. The smallest absolute Gasteiger partial charge is 0.00421 e. The number of hydrogen-bond donors (Lipinski definition) is 1. The largest absolute Gasteiger partial charge is 0.328 e. The summed E-state index contributed by atoms with van der Waals surface area (Å²) in [5.41, 5.74) is 5.96. The molecule has 0 amide bonds. The van der Waals surface area contributed by atoms with E-state index in [0.29, 0.717) is 6.04 Å². The Morgan fingerprint density at radius 3 is 2.75 bits per heavy atom. The highest BCUT2D eigenvalue weighted by atomic mass is 15.1. The molecular formula is C10H20N2. The third kappa shape index (κ3) is 1.50. The van der Waals surface area contributed by atoms with Gasteiger partial charge in [0.05, 0.1) is 0 Å². The van der Waals surface area contributed by atoms with Gasteiger partial charge in [-0.25, -0.2) is 0 Å². The zero-order valence-corrected chi connectivity index (χ0v) is 8.00. The van der Waals surface area contributed by atoms with Crippen LogP contribution in [0.5, 0.6) is 0 Å². The fraction of sp³-hybridized carbons (Fsp3) is 1.00. The molecule has 0 spiro atoms. The summed E-state index contributed by atoms with van der Waals surface area (Å²) < 4.78 is 0. The SMILES string of the molecule is CCN1C[C@H]2CC[C@@H](N)C[C@H]2C1. The van der Waals surface area contributed by atoms with Crippen molar-refractivity contribution in [2.45, 2.75) is 32.2 Å². The number of fused-ring (bicyclic) bond motifs is 1. The van der Waals surface area contributed by atoms with Gasteiger partial charge in [-0.15, -0.1) is 0 Å². The van der Waals surface area contributed by atoms with Crippen LogP contribution in [-0.4, -0.2) is 30.6 Å². The zero-order valence-electron chi connectivity index (χ0n) is 8.00. The van der Waals surface area contributed by atoms with E-state index in [1.165, 1.54) is 38.9 Å².